The van der Waals surface area contributed by atoms with Crippen LogP contribution in [0, 0.1) is 6.92 Å². The highest BCUT2D eigenvalue weighted by molar-refractivity contribution is 7.89. The second-order valence-electron chi connectivity index (χ2n) is 6.32. The molecule has 0 aliphatic carbocycles. The lowest BCUT2D eigenvalue weighted by molar-refractivity contribution is -0.125. The normalized spacial score (nSPS) is 20.8. The van der Waals surface area contributed by atoms with E-state index in [2.05, 4.69) is 10.0 Å². The van der Waals surface area contributed by atoms with Gasteiger partial charge in [0.1, 0.15) is 0 Å². The average molecular weight is 339 g/mol. The zero-order valence-electron chi connectivity index (χ0n) is 13.3. The van der Waals surface area contributed by atoms with Gasteiger partial charge in [0, 0.05) is 18.0 Å². The van der Waals surface area contributed by atoms with E-state index in [9.17, 15) is 18.0 Å². The minimum absolute atomic E-state index is 0.0235. The predicted octanol–water partition coefficient (Wildman–Crippen LogP) is 0.429. The van der Waals surface area contributed by atoms with Gasteiger partial charge in [-0.05, 0) is 44.9 Å². The van der Waals surface area contributed by atoms with E-state index in [4.69, 9.17) is 5.73 Å². The van der Waals surface area contributed by atoms with Crippen molar-refractivity contribution in [3.63, 3.8) is 0 Å². The van der Waals surface area contributed by atoms with E-state index in [-0.39, 0.29) is 22.8 Å². The standard InChI is InChI=1S/C15H21N3O4S/c1-9-4-5-10(8-11(9)14(16)20)23(21,22)18-12-6-7-13(19)17-15(12,2)3/h4-5,8,12,18H,6-7H2,1-3H3,(H2,16,20)(H,17,19). The molecule has 23 heavy (non-hydrogen) atoms. The number of benzene rings is 1. The lowest BCUT2D eigenvalue weighted by Crippen LogP contribution is -2.61. The topological polar surface area (TPSA) is 118 Å². The monoisotopic (exact) mass is 339 g/mol. The Morgan fingerprint density at radius 3 is 2.61 bits per heavy atom. The highest BCUT2D eigenvalue weighted by atomic mass is 32.2. The van der Waals surface area contributed by atoms with E-state index in [1.165, 1.54) is 12.1 Å². The summed E-state index contributed by atoms with van der Waals surface area (Å²) in [4.78, 5) is 22.8. The number of carbonyl (C=O) groups excluding carboxylic acids is 2. The van der Waals surface area contributed by atoms with Gasteiger partial charge in [-0.2, -0.15) is 0 Å². The van der Waals surface area contributed by atoms with Crippen molar-refractivity contribution in [3.8, 4) is 0 Å². The first kappa shape index (κ1) is 17.4. The van der Waals surface area contributed by atoms with Crippen molar-refractivity contribution in [1.82, 2.24) is 10.0 Å². The van der Waals surface area contributed by atoms with Crippen LogP contribution in [-0.2, 0) is 14.8 Å². The third-order valence-corrected chi connectivity index (χ3v) is 5.54. The number of piperidine rings is 1. The summed E-state index contributed by atoms with van der Waals surface area (Å²) in [5.74, 6) is -0.776. The Morgan fingerprint density at radius 2 is 2.04 bits per heavy atom. The molecule has 1 saturated heterocycles. The molecule has 7 nitrogen and oxygen atoms in total. The van der Waals surface area contributed by atoms with Gasteiger partial charge in [-0.1, -0.05) is 6.07 Å². The minimum Gasteiger partial charge on any atom is -0.366 e. The Kier molecular flexibility index (Phi) is 4.50. The lowest BCUT2D eigenvalue weighted by atomic mass is 9.88. The average Bonchev–Trinajstić information content (AvgIpc) is 2.41. The number of primary amides is 1. The Hall–Kier alpha value is -1.93. The van der Waals surface area contributed by atoms with Crippen LogP contribution in [0.5, 0.6) is 0 Å². The van der Waals surface area contributed by atoms with E-state index in [1.54, 1.807) is 26.8 Å². The number of hydrogen-bond donors (Lipinski definition) is 3. The molecule has 1 aromatic rings. The zero-order valence-corrected chi connectivity index (χ0v) is 14.2. The van der Waals surface area contributed by atoms with Gasteiger partial charge in [0.25, 0.3) is 0 Å². The van der Waals surface area contributed by atoms with E-state index in [0.29, 0.717) is 12.0 Å². The second kappa shape index (κ2) is 5.93. The molecule has 1 aliphatic rings. The van der Waals surface area contributed by atoms with Gasteiger partial charge in [0.2, 0.25) is 21.8 Å². The molecule has 1 fully saturated rings. The molecule has 1 heterocycles. The highest BCUT2D eigenvalue weighted by Crippen LogP contribution is 2.23. The van der Waals surface area contributed by atoms with Crippen molar-refractivity contribution < 1.29 is 18.0 Å². The fourth-order valence-corrected chi connectivity index (χ4v) is 4.08. The van der Waals surface area contributed by atoms with Crippen LogP contribution in [0.15, 0.2) is 23.1 Å². The molecule has 126 valence electrons. The SMILES string of the molecule is Cc1ccc(S(=O)(=O)NC2CCC(=O)NC2(C)C)cc1C(N)=O. The highest BCUT2D eigenvalue weighted by Gasteiger charge is 2.38. The van der Waals surface area contributed by atoms with Crippen LogP contribution in [0.25, 0.3) is 0 Å². The summed E-state index contributed by atoms with van der Waals surface area (Å²) in [6, 6.07) is 3.80. The van der Waals surface area contributed by atoms with Crippen molar-refractivity contribution in [2.24, 2.45) is 5.73 Å². The summed E-state index contributed by atoms with van der Waals surface area (Å²) in [6.07, 6.45) is 0.670. The number of sulfonamides is 1. The molecule has 0 radical (unpaired) electrons. The number of amides is 2. The molecule has 0 saturated carbocycles. The zero-order chi connectivity index (χ0) is 17.4. The maximum atomic E-state index is 12.6. The van der Waals surface area contributed by atoms with E-state index >= 15 is 0 Å². The van der Waals surface area contributed by atoms with Crippen molar-refractivity contribution in [3.05, 3.63) is 29.3 Å². The summed E-state index contributed by atoms with van der Waals surface area (Å²) in [5, 5.41) is 2.78. The number of rotatable bonds is 4. The molecule has 1 aliphatic heterocycles. The number of nitrogens with one attached hydrogen (secondary N) is 2. The smallest absolute Gasteiger partial charge is 0.249 e. The fraction of sp³-hybridized carbons (Fsp3) is 0.467. The maximum absolute atomic E-state index is 12.6. The van der Waals surface area contributed by atoms with Crippen LogP contribution in [0.2, 0.25) is 0 Å². The van der Waals surface area contributed by atoms with Crippen LogP contribution in [-0.4, -0.2) is 31.8 Å². The third kappa shape index (κ3) is 3.70. The molecule has 1 atom stereocenters. The molecule has 0 bridgehead atoms. The Morgan fingerprint density at radius 1 is 1.39 bits per heavy atom. The van der Waals surface area contributed by atoms with Crippen molar-refractivity contribution in [2.45, 2.75) is 50.1 Å². The Bertz CT molecular complexity index is 756. The molecular formula is C15H21N3O4S. The quantitative estimate of drug-likeness (QED) is 0.737. The van der Waals surface area contributed by atoms with Gasteiger partial charge in [0.15, 0.2) is 0 Å². The van der Waals surface area contributed by atoms with Crippen molar-refractivity contribution in [2.75, 3.05) is 0 Å². The van der Waals surface area contributed by atoms with Crippen LogP contribution >= 0.6 is 0 Å². The first-order valence-electron chi connectivity index (χ1n) is 7.27. The summed E-state index contributed by atoms with van der Waals surface area (Å²) in [5.41, 5.74) is 5.36. The van der Waals surface area contributed by atoms with Crippen LogP contribution < -0.4 is 15.8 Å². The van der Waals surface area contributed by atoms with Crippen molar-refractivity contribution >= 4 is 21.8 Å². The molecule has 1 aromatic carbocycles. The van der Waals surface area contributed by atoms with Crippen LogP contribution in [0.1, 0.15) is 42.6 Å². The van der Waals surface area contributed by atoms with E-state index < -0.39 is 27.5 Å². The summed E-state index contributed by atoms with van der Waals surface area (Å²) in [7, 11) is -3.83. The van der Waals surface area contributed by atoms with E-state index in [1.807, 2.05) is 0 Å². The summed E-state index contributed by atoms with van der Waals surface area (Å²) >= 11 is 0. The predicted molar refractivity (Wildman–Crippen MR) is 85.3 cm³/mol. The summed E-state index contributed by atoms with van der Waals surface area (Å²) < 4.78 is 27.8. The maximum Gasteiger partial charge on any atom is 0.249 e. The number of nitrogens with two attached hydrogens (primary N) is 1. The molecular weight excluding hydrogens is 318 g/mol. The number of aryl methyl sites for hydroxylation is 1. The third-order valence-electron chi connectivity index (χ3n) is 4.08. The Balaban J connectivity index is 2.31. The van der Waals surface area contributed by atoms with Gasteiger partial charge < -0.3 is 11.1 Å². The number of carbonyl (C=O) groups is 2. The van der Waals surface area contributed by atoms with E-state index in [0.717, 1.165) is 0 Å². The molecule has 1 unspecified atom stereocenters. The van der Waals surface area contributed by atoms with Crippen molar-refractivity contribution in [1.29, 1.82) is 0 Å². The second-order valence-corrected chi connectivity index (χ2v) is 8.04. The Labute approximate surface area is 135 Å². The van der Waals surface area contributed by atoms with Crippen LogP contribution in [0.3, 0.4) is 0 Å². The van der Waals surface area contributed by atoms with Crippen LogP contribution in [0.4, 0.5) is 0 Å². The minimum atomic E-state index is -3.83. The van der Waals surface area contributed by atoms with Gasteiger partial charge in [0.05, 0.1) is 10.4 Å². The van der Waals surface area contributed by atoms with Gasteiger partial charge >= 0.3 is 0 Å². The molecule has 2 amide bonds. The molecule has 8 heteroatoms. The molecule has 4 N–H and O–H groups in total. The fourth-order valence-electron chi connectivity index (χ4n) is 2.64. The van der Waals surface area contributed by atoms with Gasteiger partial charge in [-0.25, -0.2) is 13.1 Å². The molecule has 0 aromatic heterocycles. The first-order chi connectivity index (χ1) is 10.5. The largest absolute Gasteiger partial charge is 0.366 e. The molecule has 2 rings (SSSR count). The number of hydrogen-bond acceptors (Lipinski definition) is 4. The van der Waals surface area contributed by atoms with Gasteiger partial charge in [-0.15, -0.1) is 0 Å². The summed E-state index contributed by atoms with van der Waals surface area (Å²) in [6.45, 7) is 5.21. The first-order valence-corrected chi connectivity index (χ1v) is 8.75. The molecule has 0 spiro atoms. The van der Waals surface area contributed by atoms with Gasteiger partial charge in [-0.3, -0.25) is 9.59 Å². The lowest BCUT2D eigenvalue weighted by Gasteiger charge is -2.39.